The van der Waals surface area contributed by atoms with Gasteiger partial charge in [-0.3, -0.25) is 0 Å². The first-order chi connectivity index (χ1) is 10.2. The summed E-state index contributed by atoms with van der Waals surface area (Å²) in [5.74, 6) is 0. The van der Waals surface area contributed by atoms with Crippen LogP contribution in [-0.4, -0.2) is 26.2 Å². The molecule has 21 heavy (non-hydrogen) atoms. The molecule has 0 rings (SSSR count). The highest BCUT2D eigenvalue weighted by molar-refractivity contribution is 4.80. The molecule has 0 radical (unpaired) electrons. The van der Waals surface area contributed by atoms with Gasteiger partial charge < -0.3 is 22.9 Å². The zero-order valence-corrected chi connectivity index (χ0v) is 14.1. The lowest BCUT2D eigenvalue weighted by atomic mass is 9.71. The van der Waals surface area contributed by atoms with Gasteiger partial charge in [-0.15, -0.1) is 0 Å². The first kappa shape index (κ1) is 20.8. The van der Waals surface area contributed by atoms with Crippen molar-refractivity contribution in [3.63, 3.8) is 0 Å². The van der Waals surface area contributed by atoms with Gasteiger partial charge in [-0.05, 0) is 83.0 Å². The van der Waals surface area contributed by atoms with Crippen LogP contribution in [0.1, 0.15) is 77.0 Å². The van der Waals surface area contributed by atoms with Gasteiger partial charge in [0.1, 0.15) is 0 Å². The van der Waals surface area contributed by atoms with Crippen molar-refractivity contribution in [1.29, 1.82) is 0 Å². The van der Waals surface area contributed by atoms with Crippen molar-refractivity contribution in [3.05, 3.63) is 0 Å². The second-order valence-corrected chi connectivity index (χ2v) is 6.48. The van der Waals surface area contributed by atoms with E-state index in [9.17, 15) is 0 Å². The van der Waals surface area contributed by atoms with E-state index in [1.165, 1.54) is 51.4 Å². The van der Waals surface area contributed by atoms with Crippen molar-refractivity contribution >= 4 is 0 Å². The Morgan fingerprint density at radius 3 is 0.810 bits per heavy atom. The van der Waals surface area contributed by atoms with E-state index in [4.69, 9.17) is 22.9 Å². The highest BCUT2D eigenvalue weighted by atomic mass is 14.5. The van der Waals surface area contributed by atoms with Gasteiger partial charge in [0.25, 0.3) is 0 Å². The van der Waals surface area contributed by atoms with Crippen LogP contribution < -0.4 is 22.9 Å². The zero-order chi connectivity index (χ0) is 15.8. The van der Waals surface area contributed by atoms with Gasteiger partial charge in [0.15, 0.2) is 0 Å². The standard InChI is InChI=1S/C17H40N4/c18-13-5-1-9-17(10-2-6-14-19,11-3-7-15-20)12-4-8-16-21/h1-16,18-21H2. The Bertz CT molecular complexity index is 163. The summed E-state index contributed by atoms with van der Waals surface area (Å²) in [6.45, 7) is 3.24. The Labute approximate surface area is 132 Å². The molecular weight excluding hydrogens is 260 g/mol. The van der Waals surface area contributed by atoms with Crippen LogP contribution in [0.5, 0.6) is 0 Å². The molecule has 0 aliphatic carbocycles. The zero-order valence-electron chi connectivity index (χ0n) is 14.1. The van der Waals surface area contributed by atoms with Gasteiger partial charge in [-0.25, -0.2) is 0 Å². The van der Waals surface area contributed by atoms with E-state index in [1.807, 2.05) is 0 Å². The van der Waals surface area contributed by atoms with Gasteiger partial charge in [0.2, 0.25) is 0 Å². The van der Waals surface area contributed by atoms with E-state index >= 15 is 0 Å². The summed E-state index contributed by atoms with van der Waals surface area (Å²) in [4.78, 5) is 0. The van der Waals surface area contributed by atoms with Crippen LogP contribution in [0.25, 0.3) is 0 Å². The largest absolute Gasteiger partial charge is 0.330 e. The molecule has 0 saturated carbocycles. The van der Waals surface area contributed by atoms with Crippen molar-refractivity contribution < 1.29 is 0 Å². The molecule has 8 N–H and O–H groups in total. The fourth-order valence-electron chi connectivity index (χ4n) is 3.33. The lowest BCUT2D eigenvalue weighted by Crippen LogP contribution is -2.23. The van der Waals surface area contributed by atoms with Crippen LogP contribution in [0, 0.1) is 5.41 Å². The monoisotopic (exact) mass is 300 g/mol. The van der Waals surface area contributed by atoms with E-state index in [1.54, 1.807) is 0 Å². The Morgan fingerprint density at radius 1 is 0.381 bits per heavy atom. The molecule has 4 nitrogen and oxygen atoms in total. The SMILES string of the molecule is NCCCCC(CCCCN)(CCCCN)CCCCN. The molecule has 4 heteroatoms. The summed E-state index contributed by atoms with van der Waals surface area (Å²) in [6, 6.07) is 0. The molecular formula is C17H40N4. The summed E-state index contributed by atoms with van der Waals surface area (Å²) >= 11 is 0. The van der Waals surface area contributed by atoms with E-state index in [2.05, 4.69) is 0 Å². The van der Waals surface area contributed by atoms with Gasteiger partial charge in [0, 0.05) is 0 Å². The second-order valence-electron chi connectivity index (χ2n) is 6.48. The molecule has 0 bridgehead atoms. The summed E-state index contributed by atoms with van der Waals surface area (Å²) in [6.07, 6.45) is 14.8. The van der Waals surface area contributed by atoms with E-state index in [-0.39, 0.29) is 0 Å². The van der Waals surface area contributed by atoms with Gasteiger partial charge in [-0.2, -0.15) is 0 Å². The molecule has 0 unspecified atom stereocenters. The summed E-state index contributed by atoms with van der Waals surface area (Å²) in [5.41, 5.74) is 23.2. The number of unbranched alkanes of at least 4 members (excludes halogenated alkanes) is 4. The molecule has 0 aromatic carbocycles. The van der Waals surface area contributed by atoms with E-state index < -0.39 is 0 Å². The van der Waals surface area contributed by atoms with Crippen LogP contribution in [0.4, 0.5) is 0 Å². The lowest BCUT2D eigenvalue weighted by molar-refractivity contribution is 0.175. The first-order valence-corrected chi connectivity index (χ1v) is 9.05. The maximum atomic E-state index is 5.67. The molecule has 0 aliphatic rings. The van der Waals surface area contributed by atoms with Gasteiger partial charge >= 0.3 is 0 Å². The van der Waals surface area contributed by atoms with E-state index in [0.29, 0.717) is 5.41 Å². The topological polar surface area (TPSA) is 104 Å². The molecule has 0 aromatic heterocycles. The molecule has 0 atom stereocenters. The number of rotatable bonds is 16. The van der Waals surface area contributed by atoms with Crippen LogP contribution in [0.15, 0.2) is 0 Å². The normalized spacial score (nSPS) is 12.0. The van der Waals surface area contributed by atoms with Crippen molar-refractivity contribution in [1.82, 2.24) is 0 Å². The van der Waals surface area contributed by atoms with Crippen LogP contribution in [-0.2, 0) is 0 Å². The predicted molar refractivity (Wildman–Crippen MR) is 94.1 cm³/mol. The number of hydrogen-bond donors (Lipinski definition) is 4. The lowest BCUT2D eigenvalue weighted by Gasteiger charge is -2.35. The Hall–Kier alpha value is -0.160. The Morgan fingerprint density at radius 2 is 0.619 bits per heavy atom. The fraction of sp³-hybridized carbons (Fsp3) is 1.00. The fourth-order valence-corrected chi connectivity index (χ4v) is 3.33. The third kappa shape index (κ3) is 11.1. The highest BCUT2D eigenvalue weighted by Crippen LogP contribution is 2.41. The maximum absolute atomic E-state index is 5.67. The first-order valence-electron chi connectivity index (χ1n) is 9.05. The maximum Gasteiger partial charge on any atom is -0.00773 e. The van der Waals surface area contributed by atoms with Crippen LogP contribution in [0.3, 0.4) is 0 Å². The number of hydrogen-bond acceptors (Lipinski definition) is 4. The summed E-state index contributed by atoms with van der Waals surface area (Å²) in [7, 11) is 0. The van der Waals surface area contributed by atoms with Crippen LogP contribution >= 0.6 is 0 Å². The Kier molecular flexibility index (Phi) is 14.7. The Balaban J connectivity index is 4.52. The molecule has 0 aliphatic heterocycles. The second kappa shape index (κ2) is 14.8. The van der Waals surface area contributed by atoms with Crippen molar-refractivity contribution in [2.24, 2.45) is 28.3 Å². The average molecular weight is 301 g/mol. The minimum Gasteiger partial charge on any atom is -0.330 e. The molecule has 0 saturated heterocycles. The third-order valence-electron chi connectivity index (χ3n) is 4.64. The average Bonchev–Trinajstić information content (AvgIpc) is 2.48. The third-order valence-corrected chi connectivity index (χ3v) is 4.64. The van der Waals surface area contributed by atoms with Crippen LogP contribution in [0.2, 0.25) is 0 Å². The smallest absolute Gasteiger partial charge is 0.00773 e. The van der Waals surface area contributed by atoms with Crippen molar-refractivity contribution in [2.45, 2.75) is 77.0 Å². The molecule has 0 spiro atoms. The highest BCUT2D eigenvalue weighted by Gasteiger charge is 2.27. The molecule has 128 valence electrons. The van der Waals surface area contributed by atoms with Gasteiger partial charge in [-0.1, -0.05) is 25.7 Å². The quantitative estimate of drug-likeness (QED) is 0.329. The van der Waals surface area contributed by atoms with Crippen molar-refractivity contribution in [2.75, 3.05) is 26.2 Å². The predicted octanol–water partition coefficient (Wildman–Crippen LogP) is 2.49. The summed E-state index contributed by atoms with van der Waals surface area (Å²) < 4.78 is 0. The molecule has 0 amide bonds. The van der Waals surface area contributed by atoms with Crippen molar-refractivity contribution in [3.8, 4) is 0 Å². The number of nitrogens with two attached hydrogens (primary N) is 4. The molecule has 0 heterocycles. The summed E-state index contributed by atoms with van der Waals surface area (Å²) in [5, 5.41) is 0. The minimum absolute atomic E-state index is 0.481. The molecule has 0 aromatic rings. The minimum atomic E-state index is 0.481. The van der Waals surface area contributed by atoms with E-state index in [0.717, 1.165) is 51.9 Å². The molecule has 0 fully saturated rings. The van der Waals surface area contributed by atoms with Gasteiger partial charge in [0.05, 0.1) is 0 Å².